The van der Waals surface area contributed by atoms with Crippen LogP contribution in [0.3, 0.4) is 0 Å². The third-order valence-corrected chi connectivity index (χ3v) is 3.31. The molecule has 0 bridgehead atoms. The lowest BCUT2D eigenvalue weighted by Gasteiger charge is -2.09. The van der Waals surface area contributed by atoms with E-state index < -0.39 is 0 Å². The Morgan fingerprint density at radius 2 is 2.20 bits per heavy atom. The normalized spacial score (nSPS) is 10.8. The van der Waals surface area contributed by atoms with Gasteiger partial charge in [-0.1, -0.05) is 0 Å². The molecule has 0 saturated heterocycles. The van der Waals surface area contributed by atoms with Crippen LogP contribution in [-0.4, -0.2) is 14.4 Å². The van der Waals surface area contributed by atoms with Crippen molar-refractivity contribution >= 4 is 38.9 Å². The molecule has 2 aromatic heterocycles. The molecule has 3 aromatic rings. The van der Waals surface area contributed by atoms with E-state index in [-0.39, 0.29) is 5.82 Å². The molecule has 0 fully saturated rings. The Hall–Kier alpha value is -2.19. The first-order chi connectivity index (χ1) is 9.67. The SMILES string of the molecule is NNc1cn2ccnc2c(Nc2ccc(F)c(Br)c2)n1. The van der Waals surface area contributed by atoms with Crippen molar-refractivity contribution in [2.45, 2.75) is 0 Å². The second-order valence-electron chi connectivity index (χ2n) is 4.03. The predicted molar refractivity (Wildman–Crippen MR) is 78.2 cm³/mol. The smallest absolute Gasteiger partial charge is 0.180 e. The number of aromatic nitrogens is 3. The lowest BCUT2D eigenvalue weighted by Crippen LogP contribution is -2.11. The summed E-state index contributed by atoms with van der Waals surface area (Å²) in [6, 6.07) is 4.60. The van der Waals surface area contributed by atoms with Crippen LogP contribution in [0.25, 0.3) is 5.65 Å². The highest BCUT2D eigenvalue weighted by Gasteiger charge is 2.08. The maximum absolute atomic E-state index is 13.2. The van der Waals surface area contributed by atoms with Gasteiger partial charge in [-0.2, -0.15) is 0 Å². The van der Waals surface area contributed by atoms with Gasteiger partial charge in [0.2, 0.25) is 0 Å². The second kappa shape index (κ2) is 5.06. The van der Waals surface area contributed by atoms with Crippen molar-refractivity contribution in [2.75, 3.05) is 10.7 Å². The second-order valence-corrected chi connectivity index (χ2v) is 4.89. The first-order valence-electron chi connectivity index (χ1n) is 5.70. The van der Waals surface area contributed by atoms with Gasteiger partial charge in [0.1, 0.15) is 5.82 Å². The van der Waals surface area contributed by atoms with Crippen molar-refractivity contribution in [2.24, 2.45) is 5.84 Å². The molecule has 0 aliphatic rings. The van der Waals surface area contributed by atoms with Crippen LogP contribution >= 0.6 is 15.9 Å². The molecule has 0 aliphatic carbocycles. The van der Waals surface area contributed by atoms with E-state index in [0.29, 0.717) is 27.4 Å². The minimum absolute atomic E-state index is 0.327. The molecular weight excluding hydrogens is 327 g/mol. The van der Waals surface area contributed by atoms with Gasteiger partial charge >= 0.3 is 0 Å². The van der Waals surface area contributed by atoms with Gasteiger partial charge in [0, 0.05) is 18.1 Å². The van der Waals surface area contributed by atoms with Crippen molar-refractivity contribution in [1.29, 1.82) is 0 Å². The van der Waals surface area contributed by atoms with Crippen molar-refractivity contribution in [3.8, 4) is 0 Å². The van der Waals surface area contributed by atoms with Crippen molar-refractivity contribution in [1.82, 2.24) is 14.4 Å². The van der Waals surface area contributed by atoms with Crippen LogP contribution in [0.5, 0.6) is 0 Å². The number of nitrogens with one attached hydrogen (secondary N) is 2. The predicted octanol–water partition coefficient (Wildman–Crippen LogP) is 2.66. The van der Waals surface area contributed by atoms with E-state index in [1.165, 1.54) is 6.07 Å². The Morgan fingerprint density at radius 1 is 1.35 bits per heavy atom. The molecule has 2 heterocycles. The van der Waals surface area contributed by atoms with Crippen molar-refractivity contribution in [3.05, 3.63) is 47.1 Å². The van der Waals surface area contributed by atoms with E-state index in [9.17, 15) is 4.39 Å². The Labute approximate surface area is 121 Å². The van der Waals surface area contributed by atoms with Crippen molar-refractivity contribution in [3.63, 3.8) is 0 Å². The fourth-order valence-electron chi connectivity index (χ4n) is 1.80. The van der Waals surface area contributed by atoms with Gasteiger partial charge in [-0.15, -0.1) is 0 Å². The van der Waals surface area contributed by atoms with E-state index in [2.05, 4.69) is 36.6 Å². The Balaban J connectivity index is 2.04. The number of hydrogen-bond acceptors (Lipinski definition) is 5. The topological polar surface area (TPSA) is 80.3 Å². The van der Waals surface area contributed by atoms with Crippen LogP contribution in [0, 0.1) is 5.82 Å². The summed E-state index contributed by atoms with van der Waals surface area (Å²) in [4.78, 5) is 8.51. The zero-order chi connectivity index (χ0) is 14.1. The zero-order valence-electron chi connectivity index (χ0n) is 10.1. The van der Waals surface area contributed by atoms with Gasteiger partial charge in [-0.3, -0.25) is 0 Å². The molecule has 0 aliphatic heterocycles. The summed E-state index contributed by atoms with van der Waals surface area (Å²) in [5.74, 6) is 6.06. The van der Waals surface area contributed by atoms with Crippen LogP contribution in [-0.2, 0) is 0 Å². The van der Waals surface area contributed by atoms with Gasteiger partial charge < -0.3 is 15.1 Å². The molecule has 0 amide bonds. The molecule has 0 spiro atoms. The van der Waals surface area contributed by atoms with Crippen LogP contribution in [0.4, 0.5) is 21.7 Å². The quantitative estimate of drug-likeness (QED) is 0.506. The summed E-state index contributed by atoms with van der Waals surface area (Å²) >= 11 is 3.14. The maximum atomic E-state index is 13.2. The molecule has 0 saturated carbocycles. The third-order valence-electron chi connectivity index (χ3n) is 2.70. The van der Waals surface area contributed by atoms with E-state index in [1.807, 2.05) is 0 Å². The minimum atomic E-state index is -0.327. The Kier molecular flexibility index (Phi) is 3.25. The molecule has 6 nitrogen and oxygen atoms in total. The van der Waals surface area contributed by atoms with Gasteiger partial charge in [0.15, 0.2) is 17.3 Å². The molecular formula is C12H10BrFN6. The van der Waals surface area contributed by atoms with Gasteiger partial charge in [0.05, 0.1) is 10.7 Å². The monoisotopic (exact) mass is 336 g/mol. The largest absolute Gasteiger partial charge is 0.337 e. The van der Waals surface area contributed by atoms with E-state index in [0.717, 1.165) is 0 Å². The summed E-state index contributed by atoms with van der Waals surface area (Å²) in [6.07, 6.45) is 5.15. The Bertz CT molecular complexity index is 772. The number of rotatable bonds is 3. The first kappa shape index (κ1) is 12.8. The summed E-state index contributed by atoms with van der Waals surface area (Å²) in [5.41, 5.74) is 3.81. The fraction of sp³-hybridized carbons (Fsp3) is 0. The first-order valence-corrected chi connectivity index (χ1v) is 6.49. The molecule has 102 valence electrons. The van der Waals surface area contributed by atoms with Crippen LogP contribution in [0.2, 0.25) is 0 Å². The highest BCUT2D eigenvalue weighted by Crippen LogP contribution is 2.24. The Morgan fingerprint density at radius 3 is 2.95 bits per heavy atom. The maximum Gasteiger partial charge on any atom is 0.180 e. The summed E-state index contributed by atoms with van der Waals surface area (Å²) < 4.78 is 15.4. The molecule has 8 heteroatoms. The van der Waals surface area contributed by atoms with Gasteiger partial charge in [-0.05, 0) is 34.1 Å². The van der Waals surface area contributed by atoms with Gasteiger partial charge in [-0.25, -0.2) is 20.2 Å². The lowest BCUT2D eigenvalue weighted by atomic mass is 10.3. The number of halogens is 2. The molecule has 3 rings (SSSR count). The summed E-state index contributed by atoms with van der Waals surface area (Å²) in [7, 11) is 0. The molecule has 0 unspecified atom stereocenters. The molecule has 0 atom stereocenters. The number of benzene rings is 1. The van der Waals surface area contributed by atoms with E-state index in [1.54, 1.807) is 35.1 Å². The number of fused-ring (bicyclic) bond motifs is 1. The number of nitrogens with zero attached hydrogens (tertiary/aromatic N) is 3. The van der Waals surface area contributed by atoms with Crippen LogP contribution < -0.4 is 16.6 Å². The summed E-state index contributed by atoms with van der Waals surface area (Å²) in [6.45, 7) is 0. The highest BCUT2D eigenvalue weighted by atomic mass is 79.9. The van der Waals surface area contributed by atoms with Crippen molar-refractivity contribution < 1.29 is 4.39 Å². The minimum Gasteiger partial charge on any atom is -0.337 e. The molecule has 20 heavy (non-hydrogen) atoms. The number of nitrogen functional groups attached to an aromatic ring is 1. The average molecular weight is 337 g/mol. The summed E-state index contributed by atoms with van der Waals surface area (Å²) in [5, 5.41) is 3.09. The third kappa shape index (κ3) is 2.30. The fourth-order valence-corrected chi connectivity index (χ4v) is 2.17. The van der Waals surface area contributed by atoms with Crippen LogP contribution in [0.1, 0.15) is 0 Å². The zero-order valence-corrected chi connectivity index (χ0v) is 11.7. The lowest BCUT2D eigenvalue weighted by molar-refractivity contribution is 0.621. The highest BCUT2D eigenvalue weighted by molar-refractivity contribution is 9.10. The number of imidazole rings is 1. The molecule has 1 aromatic carbocycles. The molecule has 4 N–H and O–H groups in total. The van der Waals surface area contributed by atoms with E-state index in [4.69, 9.17) is 5.84 Å². The number of anilines is 3. The average Bonchev–Trinajstić information content (AvgIpc) is 2.91. The number of hydrazine groups is 1. The molecule has 0 radical (unpaired) electrons. The number of hydrogen-bond donors (Lipinski definition) is 3. The van der Waals surface area contributed by atoms with E-state index >= 15 is 0 Å². The van der Waals surface area contributed by atoms with Gasteiger partial charge in [0.25, 0.3) is 0 Å². The van der Waals surface area contributed by atoms with Crippen LogP contribution in [0.15, 0.2) is 41.3 Å². The number of nitrogens with two attached hydrogens (primary N) is 1. The standard InChI is InChI=1S/C12H10BrFN6/c13-8-5-7(1-2-9(8)14)17-11-12-16-3-4-20(12)6-10(18-11)19-15/h1-6,19H,15H2,(H,17,18).